The second kappa shape index (κ2) is 7.45. The molecule has 3 aromatic heterocycles. The SMILES string of the molecule is CCOc1cc2[nH]ncc2cc1Nc1ncnc2sc3c(c12)CCC(NC(=O)O)C3. The van der Waals surface area contributed by atoms with Gasteiger partial charge < -0.3 is 20.5 Å². The molecule has 0 saturated heterocycles. The molecule has 5 rings (SSSR count). The molecule has 154 valence electrons. The minimum Gasteiger partial charge on any atom is -0.492 e. The number of fused-ring (bicyclic) bond motifs is 4. The van der Waals surface area contributed by atoms with E-state index in [9.17, 15) is 4.79 Å². The third-order valence-corrected chi connectivity index (χ3v) is 6.43. The maximum Gasteiger partial charge on any atom is 0.404 e. The van der Waals surface area contributed by atoms with Crippen molar-refractivity contribution in [1.29, 1.82) is 0 Å². The van der Waals surface area contributed by atoms with Gasteiger partial charge in [0, 0.05) is 28.8 Å². The summed E-state index contributed by atoms with van der Waals surface area (Å²) in [6.45, 7) is 2.49. The molecule has 0 aliphatic heterocycles. The van der Waals surface area contributed by atoms with Crippen LogP contribution in [0.5, 0.6) is 5.75 Å². The number of aromatic amines is 1. The highest BCUT2D eigenvalue weighted by Crippen LogP contribution is 2.40. The van der Waals surface area contributed by atoms with Crippen LogP contribution in [-0.2, 0) is 12.8 Å². The molecule has 0 bridgehead atoms. The van der Waals surface area contributed by atoms with Crippen molar-refractivity contribution >= 4 is 50.1 Å². The lowest BCUT2D eigenvalue weighted by Crippen LogP contribution is -2.37. The molecule has 1 atom stereocenters. The molecule has 0 saturated carbocycles. The lowest BCUT2D eigenvalue weighted by molar-refractivity contribution is 0.188. The predicted octanol–water partition coefficient (Wildman–Crippen LogP) is 3.83. The van der Waals surface area contributed by atoms with Gasteiger partial charge in [0.2, 0.25) is 0 Å². The molecule has 9 nitrogen and oxygen atoms in total. The Morgan fingerprint density at radius 3 is 3.13 bits per heavy atom. The molecule has 1 aliphatic rings. The Labute approximate surface area is 175 Å². The van der Waals surface area contributed by atoms with Crippen LogP contribution in [0.1, 0.15) is 23.8 Å². The molecule has 30 heavy (non-hydrogen) atoms. The van der Waals surface area contributed by atoms with Gasteiger partial charge in [0.05, 0.1) is 29.4 Å². The fraction of sp³-hybridized carbons (Fsp3) is 0.300. The number of nitrogens with one attached hydrogen (secondary N) is 3. The van der Waals surface area contributed by atoms with Gasteiger partial charge in [-0.15, -0.1) is 11.3 Å². The van der Waals surface area contributed by atoms with E-state index in [1.807, 2.05) is 19.1 Å². The first-order chi connectivity index (χ1) is 14.6. The summed E-state index contributed by atoms with van der Waals surface area (Å²) in [5.74, 6) is 1.45. The van der Waals surface area contributed by atoms with Gasteiger partial charge in [-0.1, -0.05) is 0 Å². The number of amides is 1. The average molecular weight is 424 g/mol. The van der Waals surface area contributed by atoms with E-state index in [0.717, 1.165) is 56.1 Å². The summed E-state index contributed by atoms with van der Waals surface area (Å²) in [6.07, 6.45) is 4.55. The van der Waals surface area contributed by atoms with Crippen molar-refractivity contribution in [2.24, 2.45) is 0 Å². The third-order valence-electron chi connectivity index (χ3n) is 5.27. The normalized spacial score (nSPS) is 15.8. The molecular formula is C20H20N6O3S. The molecule has 0 fully saturated rings. The van der Waals surface area contributed by atoms with Crippen molar-refractivity contribution < 1.29 is 14.6 Å². The first-order valence-electron chi connectivity index (χ1n) is 9.74. The summed E-state index contributed by atoms with van der Waals surface area (Å²) in [4.78, 5) is 22.0. The van der Waals surface area contributed by atoms with Crippen LogP contribution in [0.2, 0.25) is 0 Å². The number of ether oxygens (including phenoxy) is 1. The minimum atomic E-state index is -0.982. The number of thiophene rings is 1. The van der Waals surface area contributed by atoms with E-state index >= 15 is 0 Å². The number of aromatic nitrogens is 4. The first kappa shape index (κ1) is 18.6. The number of benzene rings is 1. The zero-order chi connectivity index (χ0) is 20.7. The molecule has 1 amide bonds. The molecule has 0 spiro atoms. The zero-order valence-corrected chi connectivity index (χ0v) is 17.0. The highest BCUT2D eigenvalue weighted by atomic mass is 32.1. The van der Waals surface area contributed by atoms with Crippen LogP contribution in [0.3, 0.4) is 0 Å². The number of nitrogens with zero attached hydrogens (tertiary/aromatic N) is 3. The molecule has 0 radical (unpaired) electrons. The van der Waals surface area contributed by atoms with Crippen LogP contribution < -0.4 is 15.4 Å². The Morgan fingerprint density at radius 1 is 1.40 bits per heavy atom. The van der Waals surface area contributed by atoms with Crippen LogP contribution in [0.25, 0.3) is 21.1 Å². The number of aryl methyl sites for hydroxylation is 1. The number of H-pyrrole nitrogens is 1. The molecule has 4 aromatic rings. The van der Waals surface area contributed by atoms with Crippen molar-refractivity contribution in [3.63, 3.8) is 0 Å². The molecule has 1 aromatic carbocycles. The van der Waals surface area contributed by atoms with Gasteiger partial charge in [-0.05, 0) is 31.4 Å². The lowest BCUT2D eigenvalue weighted by atomic mass is 9.93. The van der Waals surface area contributed by atoms with E-state index in [0.29, 0.717) is 13.0 Å². The maximum atomic E-state index is 11.0. The van der Waals surface area contributed by atoms with Gasteiger partial charge in [-0.25, -0.2) is 14.8 Å². The number of hydrogen-bond acceptors (Lipinski definition) is 7. The summed E-state index contributed by atoms with van der Waals surface area (Å²) < 4.78 is 5.83. The van der Waals surface area contributed by atoms with Crippen molar-refractivity contribution in [1.82, 2.24) is 25.5 Å². The summed E-state index contributed by atoms with van der Waals surface area (Å²) in [5.41, 5.74) is 2.91. The van der Waals surface area contributed by atoms with Gasteiger partial charge in [-0.3, -0.25) is 5.10 Å². The highest BCUT2D eigenvalue weighted by molar-refractivity contribution is 7.19. The van der Waals surface area contributed by atoms with E-state index < -0.39 is 6.09 Å². The zero-order valence-electron chi connectivity index (χ0n) is 16.2. The van der Waals surface area contributed by atoms with E-state index in [2.05, 4.69) is 30.8 Å². The first-order valence-corrected chi connectivity index (χ1v) is 10.6. The van der Waals surface area contributed by atoms with E-state index in [-0.39, 0.29) is 6.04 Å². The summed E-state index contributed by atoms with van der Waals surface area (Å²) in [6, 6.07) is 3.85. The standard InChI is InChI=1S/C20H20N6O3S/c1-2-29-15-7-13-10(8-23-26-13)5-14(15)25-18-17-12-4-3-11(24-20(27)28)6-16(12)30-19(17)22-9-21-18/h5,7-9,11,24H,2-4,6H2,1H3,(H,23,26)(H,27,28)(H,21,22,25). The predicted molar refractivity (Wildman–Crippen MR) is 115 cm³/mol. The minimum absolute atomic E-state index is 0.0690. The van der Waals surface area contributed by atoms with Gasteiger partial charge in [0.15, 0.2) is 0 Å². The van der Waals surface area contributed by atoms with Crippen LogP contribution in [0, 0.1) is 0 Å². The van der Waals surface area contributed by atoms with Crippen LogP contribution in [-0.4, -0.2) is 44.0 Å². The fourth-order valence-electron chi connectivity index (χ4n) is 3.97. The topological polar surface area (TPSA) is 125 Å². The molecule has 3 heterocycles. The maximum absolute atomic E-state index is 11.0. The molecule has 1 unspecified atom stereocenters. The summed E-state index contributed by atoms with van der Waals surface area (Å²) >= 11 is 1.60. The lowest BCUT2D eigenvalue weighted by Gasteiger charge is -2.22. The van der Waals surface area contributed by atoms with Crippen molar-refractivity contribution in [3.05, 3.63) is 35.1 Å². The van der Waals surface area contributed by atoms with Crippen molar-refractivity contribution in [2.75, 3.05) is 11.9 Å². The van der Waals surface area contributed by atoms with Crippen molar-refractivity contribution in [2.45, 2.75) is 32.2 Å². The second-order valence-corrected chi connectivity index (χ2v) is 8.24. The summed E-state index contributed by atoms with van der Waals surface area (Å²) in [5, 5.41) is 24.1. The Bertz CT molecular complexity index is 1250. The number of anilines is 2. The number of carboxylic acid groups (broad SMARTS) is 1. The van der Waals surface area contributed by atoms with E-state index in [1.165, 1.54) is 5.56 Å². The van der Waals surface area contributed by atoms with E-state index in [4.69, 9.17) is 9.84 Å². The Balaban J connectivity index is 1.55. The molecule has 10 heteroatoms. The highest BCUT2D eigenvalue weighted by Gasteiger charge is 2.26. The van der Waals surface area contributed by atoms with Gasteiger partial charge in [0.1, 0.15) is 22.7 Å². The van der Waals surface area contributed by atoms with Crippen LogP contribution in [0.4, 0.5) is 16.3 Å². The molecule has 1 aliphatic carbocycles. The van der Waals surface area contributed by atoms with Crippen LogP contribution in [0.15, 0.2) is 24.7 Å². The van der Waals surface area contributed by atoms with Gasteiger partial charge in [-0.2, -0.15) is 5.10 Å². The Hall–Kier alpha value is -3.40. The van der Waals surface area contributed by atoms with Gasteiger partial charge in [0.25, 0.3) is 0 Å². The number of hydrogen-bond donors (Lipinski definition) is 4. The van der Waals surface area contributed by atoms with Gasteiger partial charge >= 0.3 is 6.09 Å². The van der Waals surface area contributed by atoms with E-state index in [1.54, 1.807) is 23.9 Å². The fourth-order valence-corrected chi connectivity index (χ4v) is 5.24. The largest absolute Gasteiger partial charge is 0.492 e. The van der Waals surface area contributed by atoms with Crippen molar-refractivity contribution in [3.8, 4) is 5.75 Å². The monoisotopic (exact) mass is 424 g/mol. The summed E-state index contributed by atoms with van der Waals surface area (Å²) in [7, 11) is 0. The number of rotatable bonds is 5. The number of carbonyl (C=O) groups is 1. The second-order valence-electron chi connectivity index (χ2n) is 7.16. The Morgan fingerprint density at radius 2 is 2.30 bits per heavy atom. The smallest absolute Gasteiger partial charge is 0.404 e. The quantitative estimate of drug-likeness (QED) is 0.384. The third kappa shape index (κ3) is 3.28. The molecular weight excluding hydrogens is 404 g/mol. The average Bonchev–Trinajstić information content (AvgIpc) is 3.31. The molecule has 4 N–H and O–H groups in total. The van der Waals surface area contributed by atoms with Crippen LogP contribution >= 0.6 is 11.3 Å². The Kier molecular flexibility index (Phi) is 4.62.